The highest BCUT2D eigenvalue weighted by molar-refractivity contribution is 6.31. The summed E-state index contributed by atoms with van der Waals surface area (Å²) in [6.45, 7) is 1.02. The van der Waals surface area contributed by atoms with Gasteiger partial charge in [-0.15, -0.1) is 0 Å². The van der Waals surface area contributed by atoms with Crippen molar-refractivity contribution in [2.45, 2.75) is 13.2 Å². The summed E-state index contributed by atoms with van der Waals surface area (Å²) in [6.07, 6.45) is 0. The van der Waals surface area contributed by atoms with E-state index < -0.39 is 4.92 Å². The van der Waals surface area contributed by atoms with Crippen molar-refractivity contribution < 1.29 is 9.66 Å². The standard InChI is InChI=1S/C15H15ClN2O3/c1-17-9-11-3-2-4-14(7-11)21-10-12-5-6-13(18(19)20)8-15(12)16/h2-8,17H,9-10H2,1H3. The smallest absolute Gasteiger partial charge is 0.270 e. The van der Waals surface area contributed by atoms with Crippen LogP contribution in [0.25, 0.3) is 0 Å². The molecule has 110 valence electrons. The topological polar surface area (TPSA) is 64.4 Å². The Morgan fingerprint density at radius 1 is 1.29 bits per heavy atom. The molecule has 0 atom stereocenters. The lowest BCUT2D eigenvalue weighted by Crippen LogP contribution is -2.05. The van der Waals surface area contributed by atoms with Gasteiger partial charge in [0.1, 0.15) is 12.4 Å². The van der Waals surface area contributed by atoms with E-state index in [0.717, 1.165) is 17.9 Å². The van der Waals surface area contributed by atoms with E-state index in [0.29, 0.717) is 10.6 Å². The van der Waals surface area contributed by atoms with Crippen molar-refractivity contribution >= 4 is 17.3 Å². The molecule has 0 aliphatic rings. The van der Waals surface area contributed by atoms with Gasteiger partial charge in [0.25, 0.3) is 5.69 Å². The Labute approximate surface area is 127 Å². The Morgan fingerprint density at radius 2 is 2.10 bits per heavy atom. The third-order valence-electron chi connectivity index (χ3n) is 2.92. The van der Waals surface area contributed by atoms with E-state index in [1.54, 1.807) is 6.07 Å². The number of hydrogen-bond acceptors (Lipinski definition) is 4. The van der Waals surface area contributed by atoms with Crippen LogP contribution in [0.3, 0.4) is 0 Å². The zero-order valence-electron chi connectivity index (χ0n) is 11.5. The molecule has 2 aromatic rings. The van der Waals surface area contributed by atoms with E-state index in [2.05, 4.69) is 5.32 Å². The van der Waals surface area contributed by atoms with Crippen molar-refractivity contribution in [2.75, 3.05) is 7.05 Å². The first-order chi connectivity index (χ1) is 10.1. The Hall–Kier alpha value is -2.11. The second kappa shape index (κ2) is 7.06. The van der Waals surface area contributed by atoms with E-state index in [-0.39, 0.29) is 12.3 Å². The van der Waals surface area contributed by atoms with Crippen LogP contribution in [0.5, 0.6) is 5.75 Å². The molecule has 0 radical (unpaired) electrons. The van der Waals surface area contributed by atoms with Crippen molar-refractivity contribution in [1.29, 1.82) is 0 Å². The molecular weight excluding hydrogens is 292 g/mol. The highest BCUT2D eigenvalue weighted by Crippen LogP contribution is 2.24. The van der Waals surface area contributed by atoms with E-state index in [9.17, 15) is 10.1 Å². The largest absolute Gasteiger partial charge is 0.489 e. The quantitative estimate of drug-likeness (QED) is 0.655. The number of benzene rings is 2. The summed E-state index contributed by atoms with van der Waals surface area (Å²) < 4.78 is 5.68. The zero-order valence-corrected chi connectivity index (χ0v) is 12.3. The number of ether oxygens (including phenoxy) is 1. The molecule has 0 unspecified atom stereocenters. The number of nitro benzene ring substituents is 1. The molecule has 0 aliphatic carbocycles. The lowest BCUT2D eigenvalue weighted by atomic mass is 10.2. The van der Waals surface area contributed by atoms with Crippen molar-refractivity contribution in [3.05, 3.63) is 68.7 Å². The van der Waals surface area contributed by atoms with Crippen LogP contribution in [0.2, 0.25) is 5.02 Å². The molecule has 0 aromatic heterocycles. The molecule has 0 aliphatic heterocycles. The van der Waals surface area contributed by atoms with Gasteiger partial charge in [0.05, 0.1) is 9.95 Å². The summed E-state index contributed by atoms with van der Waals surface area (Å²) in [6, 6.07) is 12.1. The van der Waals surface area contributed by atoms with Crippen LogP contribution >= 0.6 is 11.6 Å². The first-order valence-electron chi connectivity index (χ1n) is 6.39. The Bertz CT molecular complexity index is 647. The number of rotatable bonds is 6. The van der Waals surface area contributed by atoms with Crippen molar-refractivity contribution in [1.82, 2.24) is 5.32 Å². The van der Waals surface area contributed by atoms with Gasteiger partial charge < -0.3 is 10.1 Å². The number of nitrogens with one attached hydrogen (secondary N) is 1. The molecule has 0 saturated carbocycles. The minimum Gasteiger partial charge on any atom is -0.489 e. The SMILES string of the molecule is CNCc1cccc(OCc2ccc([N+](=O)[O-])cc2Cl)c1. The first kappa shape index (κ1) is 15.3. The summed E-state index contributed by atoms with van der Waals surface area (Å²) in [4.78, 5) is 10.2. The predicted molar refractivity (Wildman–Crippen MR) is 81.6 cm³/mol. The van der Waals surface area contributed by atoms with Gasteiger partial charge in [0.2, 0.25) is 0 Å². The van der Waals surface area contributed by atoms with Crippen LogP contribution in [0.1, 0.15) is 11.1 Å². The number of hydrogen-bond donors (Lipinski definition) is 1. The molecule has 2 rings (SSSR count). The van der Waals surface area contributed by atoms with Gasteiger partial charge in [-0.1, -0.05) is 23.7 Å². The molecule has 0 amide bonds. The summed E-state index contributed by atoms with van der Waals surface area (Å²) in [7, 11) is 1.88. The maximum Gasteiger partial charge on any atom is 0.270 e. The minimum absolute atomic E-state index is 0.0280. The summed E-state index contributed by atoms with van der Waals surface area (Å²) in [5.74, 6) is 0.733. The maximum atomic E-state index is 10.7. The normalized spacial score (nSPS) is 10.4. The van der Waals surface area contributed by atoms with Gasteiger partial charge in [0, 0.05) is 24.2 Å². The van der Waals surface area contributed by atoms with Crippen LogP contribution in [-0.2, 0) is 13.2 Å². The minimum atomic E-state index is -0.474. The molecule has 21 heavy (non-hydrogen) atoms. The fourth-order valence-corrected chi connectivity index (χ4v) is 2.11. The van der Waals surface area contributed by atoms with E-state index >= 15 is 0 Å². The van der Waals surface area contributed by atoms with Crippen LogP contribution in [0.4, 0.5) is 5.69 Å². The predicted octanol–water partition coefficient (Wildman–Crippen LogP) is 3.55. The molecule has 0 heterocycles. The molecule has 0 saturated heterocycles. The van der Waals surface area contributed by atoms with Crippen LogP contribution in [-0.4, -0.2) is 12.0 Å². The van der Waals surface area contributed by atoms with Crippen molar-refractivity contribution in [2.24, 2.45) is 0 Å². The van der Waals surface area contributed by atoms with Gasteiger partial charge in [-0.3, -0.25) is 10.1 Å². The molecule has 2 aromatic carbocycles. The fraction of sp³-hybridized carbons (Fsp3) is 0.200. The Balaban J connectivity index is 2.06. The van der Waals surface area contributed by atoms with E-state index in [1.165, 1.54) is 12.1 Å². The van der Waals surface area contributed by atoms with Crippen LogP contribution in [0, 0.1) is 10.1 Å². The van der Waals surface area contributed by atoms with Gasteiger partial charge in [-0.2, -0.15) is 0 Å². The molecule has 6 heteroatoms. The molecular formula is C15H15ClN2O3. The highest BCUT2D eigenvalue weighted by atomic mass is 35.5. The second-order valence-electron chi connectivity index (χ2n) is 4.50. The lowest BCUT2D eigenvalue weighted by Gasteiger charge is -2.09. The monoisotopic (exact) mass is 306 g/mol. The van der Waals surface area contributed by atoms with Gasteiger partial charge >= 0.3 is 0 Å². The van der Waals surface area contributed by atoms with Crippen molar-refractivity contribution in [3.63, 3.8) is 0 Å². The average Bonchev–Trinajstić information content (AvgIpc) is 2.46. The summed E-state index contributed by atoms with van der Waals surface area (Å²) in [5, 5.41) is 14.1. The van der Waals surface area contributed by atoms with E-state index in [1.807, 2.05) is 31.3 Å². The second-order valence-corrected chi connectivity index (χ2v) is 4.91. The Morgan fingerprint density at radius 3 is 2.76 bits per heavy atom. The third kappa shape index (κ3) is 4.18. The zero-order chi connectivity index (χ0) is 15.2. The van der Waals surface area contributed by atoms with Gasteiger partial charge in [-0.25, -0.2) is 0 Å². The number of nitrogens with zero attached hydrogens (tertiary/aromatic N) is 1. The van der Waals surface area contributed by atoms with E-state index in [4.69, 9.17) is 16.3 Å². The molecule has 0 spiro atoms. The lowest BCUT2D eigenvalue weighted by molar-refractivity contribution is -0.384. The van der Waals surface area contributed by atoms with Crippen LogP contribution < -0.4 is 10.1 Å². The fourth-order valence-electron chi connectivity index (χ4n) is 1.88. The summed E-state index contributed by atoms with van der Waals surface area (Å²) in [5.41, 5.74) is 1.80. The van der Waals surface area contributed by atoms with Gasteiger partial charge in [-0.05, 0) is 30.8 Å². The first-order valence-corrected chi connectivity index (χ1v) is 6.77. The molecule has 0 bridgehead atoms. The third-order valence-corrected chi connectivity index (χ3v) is 3.27. The number of non-ortho nitro benzene ring substituents is 1. The summed E-state index contributed by atoms with van der Waals surface area (Å²) >= 11 is 6.03. The number of nitro groups is 1. The molecule has 1 N–H and O–H groups in total. The van der Waals surface area contributed by atoms with Gasteiger partial charge in [0.15, 0.2) is 0 Å². The number of halogens is 1. The Kier molecular flexibility index (Phi) is 5.14. The highest BCUT2D eigenvalue weighted by Gasteiger charge is 2.09. The molecule has 0 fully saturated rings. The average molecular weight is 307 g/mol. The van der Waals surface area contributed by atoms with Crippen LogP contribution in [0.15, 0.2) is 42.5 Å². The van der Waals surface area contributed by atoms with Crippen molar-refractivity contribution in [3.8, 4) is 5.75 Å². The molecule has 5 nitrogen and oxygen atoms in total. The maximum absolute atomic E-state index is 10.7.